The fourth-order valence-corrected chi connectivity index (χ4v) is 5.03. The number of carbonyl (C=O) groups is 1. The van der Waals surface area contributed by atoms with E-state index in [1.807, 2.05) is 0 Å². The van der Waals surface area contributed by atoms with Crippen LogP contribution in [0, 0.1) is 6.92 Å². The SMILES string of the molecule is Cc1ccsc1S(=O)(=O)N1CCN(CC(=O)O)CC1. The van der Waals surface area contributed by atoms with Crippen LogP contribution in [0.4, 0.5) is 0 Å². The van der Waals surface area contributed by atoms with E-state index in [2.05, 4.69) is 0 Å². The van der Waals surface area contributed by atoms with Crippen molar-refractivity contribution in [2.75, 3.05) is 32.7 Å². The number of aryl methyl sites for hydroxylation is 1. The number of thiophene rings is 1. The summed E-state index contributed by atoms with van der Waals surface area (Å²) in [4.78, 5) is 12.4. The lowest BCUT2D eigenvalue weighted by Gasteiger charge is -2.32. The van der Waals surface area contributed by atoms with Crippen LogP contribution in [0.25, 0.3) is 0 Å². The smallest absolute Gasteiger partial charge is 0.317 e. The molecule has 106 valence electrons. The van der Waals surface area contributed by atoms with Crippen molar-refractivity contribution in [3.05, 3.63) is 17.0 Å². The van der Waals surface area contributed by atoms with Crippen LogP contribution in [-0.2, 0) is 14.8 Å². The van der Waals surface area contributed by atoms with E-state index in [9.17, 15) is 13.2 Å². The molecule has 1 aromatic rings. The lowest BCUT2D eigenvalue weighted by atomic mass is 10.3. The number of rotatable bonds is 4. The Morgan fingerprint density at radius 3 is 2.47 bits per heavy atom. The number of carboxylic acids is 1. The summed E-state index contributed by atoms with van der Waals surface area (Å²) >= 11 is 1.22. The van der Waals surface area contributed by atoms with Gasteiger partial charge in [0.25, 0.3) is 10.0 Å². The van der Waals surface area contributed by atoms with E-state index in [1.165, 1.54) is 15.6 Å². The van der Waals surface area contributed by atoms with E-state index < -0.39 is 16.0 Å². The van der Waals surface area contributed by atoms with Gasteiger partial charge in [-0.25, -0.2) is 8.42 Å². The second kappa shape index (κ2) is 5.58. The highest BCUT2D eigenvalue weighted by atomic mass is 32.2. The molecule has 1 saturated heterocycles. The maximum absolute atomic E-state index is 12.4. The van der Waals surface area contributed by atoms with Crippen molar-refractivity contribution in [1.82, 2.24) is 9.21 Å². The lowest BCUT2D eigenvalue weighted by Crippen LogP contribution is -2.49. The Kier molecular flexibility index (Phi) is 4.24. The number of nitrogens with zero attached hydrogens (tertiary/aromatic N) is 2. The van der Waals surface area contributed by atoms with Gasteiger partial charge in [-0.3, -0.25) is 9.69 Å². The molecule has 0 spiro atoms. The van der Waals surface area contributed by atoms with E-state index in [0.29, 0.717) is 30.4 Å². The Bertz CT molecular complexity index is 559. The number of aliphatic carboxylic acids is 1. The molecule has 8 heteroatoms. The Morgan fingerprint density at radius 2 is 2.00 bits per heavy atom. The van der Waals surface area contributed by atoms with Crippen LogP contribution in [-0.4, -0.2) is 61.4 Å². The monoisotopic (exact) mass is 304 g/mol. The summed E-state index contributed by atoms with van der Waals surface area (Å²) in [7, 11) is -3.42. The molecule has 1 N–H and O–H groups in total. The van der Waals surface area contributed by atoms with E-state index in [4.69, 9.17) is 5.11 Å². The van der Waals surface area contributed by atoms with Gasteiger partial charge < -0.3 is 5.11 Å². The number of hydrogen-bond acceptors (Lipinski definition) is 5. The zero-order valence-electron chi connectivity index (χ0n) is 10.6. The average molecular weight is 304 g/mol. The van der Waals surface area contributed by atoms with E-state index in [0.717, 1.165) is 5.56 Å². The van der Waals surface area contributed by atoms with Crippen molar-refractivity contribution in [3.8, 4) is 0 Å². The standard InChI is InChI=1S/C11H16N2O4S2/c1-9-2-7-18-11(9)19(16,17)13-5-3-12(4-6-13)8-10(14)15/h2,7H,3-6,8H2,1H3,(H,14,15). The quantitative estimate of drug-likeness (QED) is 0.874. The first kappa shape index (κ1) is 14.4. The number of carboxylic acid groups (broad SMARTS) is 1. The fraction of sp³-hybridized carbons (Fsp3) is 0.545. The lowest BCUT2D eigenvalue weighted by molar-refractivity contribution is -0.138. The summed E-state index contributed by atoms with van der Waals surface area (Å²) in [5.41, 5.74) is 0.762. The highest BCUT2D eigenvalue weighted by molar-refractivity contribution is 7.91. The fourth-order valence-electron chi connectivity index (χ4n) is 2.06. The molecule has 0 aliphatic carbocycles. The van der Waals surface area contributed by atoms with Gasteiger partial charge in [-0.15, -0.1) is 11.3 Å². The molecule has 1 aromatic heterocycles. The second-order valence-electron chi connectivity index (χ2n) is 4.47. The molecule has 2 heterocycles. The van der Waals surface area contributed by atoms with Crippen LogP contribution in [0.15, 0.2) is 15.7 Å². The van der Waals surface area contributed by atoms with Gasteiger partial charge in [0.2, 0.25) is 0 Å². The van der Waals surface area contributed by atoms with Gasteiger partial charge in [0.15, 0.2) is 0 Å². The normalized spacial score (nSPS) is 18.6. The third kappa shape index (κ3) is 3.14. The Hall–Kier alpha value is -0.960. The van der Waals surface area contributed by atoms with Crippen molar-refractivity contribution in [2.45, 2.75) is 11.1 Å². The molecule has 0 saturated carbocycles. The Labute approximate surface area is 116 Å². The molecule has 1 aliphatic heterocycles. The maximum Gasteiger partial charge on any atom is 0.317 e. The highest BCUT2D eigenvalue weighted by Crippen LogP contribution is 2.26. The molecule has 19 heavy (non-hydrogen) atoms. The molecule has 0 bridgehead atoms. The Morgan fingerprint density at radius 1 is 1.37 bits per heavy atom. The number of piperazine rings is 1. The molecule has 1 aliphatic rings. The molecule has 1 fully saturated rings. The third-order valence-electron chi connectivity index (χ3n) is 3.08. The van der Waals surface area contributed by atoms with E-state index in [1.54, 1.807) is 23.3 Å². The first-order valence-corrected chi connectivity index (χ1v) is 8.21. The minimum absolute atomic E-state index is 0.0358. The summed E-state index contributed by atoms with van der Waals surface area (Å²) < 4.78 is 26.6. The molecule has 0 aromatic carbocycles. The number of sulfonamides is 1. The second-order valence-corrected chi connectivity index (χ2v) is 7.51. The van der Waals surface area contributed by atoms with Crippen LogP contribution in [0.3, 0.4) is 0 Å². The molecule has 2 rings (SSSR count). The molecule has 0 amide bonds. The van der Waals surface area contributed by atoms with E-state index >= 15 is 0 Å². The summed E-state index contributed by atoms with van der Waals surface area (Å²) in [5.74, 6) is -0.884. The first-order chi connectivity index (χ1) is 8.91. The van der Waals surface area contributed by atoms with Gasteiger partial charge in [0.1, 0.15) is 4.21 Å². The van der Waals surface area contributed by atoms with Gasteiger partial charge in [0, 0.05) is 26.2 Å². The highest BCUT2D eigenvalue weighted by Gasteiger charge is 2.30. The van der Waals surface area contributed by atoms with Crippen molar-refractivity contribution in [3.63, 3.8) is 0 Å². The van der Waals surface area contributed by atoms with Crippen LogP contribution in [0.2, 0.25) is 0 Å². The van der Waals surface area contributed by atoms with Crippen molar-refractivity contribution in [1.29, 1.82) is 0 Å². The summed E-state index contributed by atoms with van der Waals surface area (Å²) in [6.45, 7) is 3.34. The van der Waals surface area contributed by atoms with Crippen LogP contribution >= 0.6 is 11.3 Å². The van der Waals surface area contributed by atoms with Crippen molar-refractivity contribution < 1.29 is 18.3 Å². The summed E-state index contributed by atoms with van der Waals surface area (Å²) in [6, 6.07) is 1.79. The van der Waals surface area contributed by atoms with Gasteiger partial charge in [0.05, 0.1) is 6.54 Å². The molecular weight excluding hydrogens is 288 g/mol. The molecule has 0 radical (unpaired) electrons. The minimum Gasteiger partial charge on any atom is -0.480 e. The predicted molar refractivity (Wildman–Crippen MR) is 71.9 cm³/mol. The van der Waals surface area contributed by atoms with Gasteiger partial charge in [-0.2, -0.15) is 4.31 Å². The molecule has 0 unspecified atom stereocenters. The van der Waals surface area contributed by atoms with Gasteiger partial charge in [-0.1, -0.05) is 0 Å². The predicted octanol–water partition coefficient (Wildman–Crippen LogP) is 0.447. The number of hydrogen-bond donors (Lipinski definition) is 1. The zero-order chi connectivity index (χ0) is 14.0. The topological polar surface area (TPSA) is 77.9 Å². The van der Waals surface area contributed by atoms with Crippen LogP contribution in [0.5, 0.6) is 0 Å². The molecule has 6 nitrogen and oxygen atoms in total. The van der Waals surface area contributed by atoms with Crippen molar-refractivity contribution >= 4 is 27.3 Å². The molecular formula is C11H16N2O4S2. The summed E-state index contributed by atoms with van der Waals surface area (Å²) in [5, 5.41) is 10.5. The molecule has 0 atom stereocenters. The van der Waals surface area contributed by atoms with Crippen LogP contribution in [0.1, 0.15) is 5.56 Å². The van der Waals surface area contributed by atoms with Crippen molar-refractivity contribution in [2.24, 2.45) is 0 Å². The first-order valence-electron chi connectivity index (χ1n) is 5.89. The largest absolute Gasteiger partial charge is 0.480 e. The van der Waals surface area contributed by atoms with Gasteiger partial charge >= 0.3 is 5.97 Å². The maximum atomic E-state index is 12.4. The van der Waals surface area contributed by atoms with Crippen LogP contribution < -0.4 is 0 Å². The average Bonchev–Trinajstić information content (AvgIpc) is 2.76. The minimum atomic E-state index is -3.42. The third-order valence-corrected chi connectivity index (χ3v) is 6.64. The zero-order valence-corrected chi connectivity index (χ0v) is 12.2. The van der Waals surface area contributed by atoms with Gasteiger partial charge in [-0.05, 0) is 23.9 Å². The Balaban J connectivity index is 2.05. The van der Waals surface area contributed by atoms with E-state index in [-0.39, 0.29) is 6.54 Å². The summed E-state index contributed by atoms with van der Waals surface area (Å²) in [6.07, 6.45) is 0.